The van der Waals surface area contributed by atoms with Gasteiger partial charge in [-0.25, -0.2) is 18.5 Å². The maximum Gasteiger partial charge on any atom is 0.257 e. The number of thiazole rings is 1. The van der Waals surface area contributed by atoms with Crippen LogP contribution in [0.3, 0.4) is 0 Å². The van der Waals surface area contributed by atoms with Crippen LogP contribution in [0.5, 0.6) is 0 Å². The van der Waals surface area contributed by atoms with Crippen molar-refractivity contribution in [1.29, 1.82) is 0 Å². The van der Waals surface area contributed by atoms with Crippen LogP contribution in [0.15, 0.2) is 53.4 Å². The van der Waals surface area contributed by atoms with Gasteiger partial charge in [0.2, 0.25) is 10.0 Å². The molecule has 3 N–H and O–H groups in total. The Kier molecular flexibility index (Phi) is 5.41. The average molecular weight is 402 g/mol. The summed E-state index contributed by atoms with van der Waals surface area (Å²) in [6.07, 6.45) is 0.592. The summed E-state index contributed by atoms with van der Waals surface area (Å²) < 4.78 is 22.7. The van der Waals surface area contributed by atoms with Crippen molar-refractivity contribution in [3.8, 4) is 0 Å². The molecular formula is C19H19N3O3S2. The Hall–Kier alpha value is -2.55. The number of carbonyl (C=O) groups is 1. The molecule has 0 atom stereocenters. The topological polar surface area (TPSA) is 102 Å². The number of carbonyl (C=O) groups excluding carboxylic acids is 1. The monoisotopic (exact) mass is 401 g/mol. The average Bonchev–Trinajstić information content (AvgIpc) is 2.94. The molecule has 0 aliphatic rings. The fourth-order valence-electron chi connectivity index (χ4n) is 2.50. The van der Waals surface area contributed by atoms with Crippen LogP contribution in [-0.2, 0) is 16.4 Å². The Balaban J connectivity index is 1.72. The minimum absolute atomic E-state index is 0.0818. The number of hydrogen-bond donors (Lipinski definition) is 2. The molecule has 0 saturated carbocycles. The number of amides is 1. The lowest BCUT2D eigenvalue weighted by Crippen LogP contribution is -2.11. The van der Waals surface area contributed by atoms with Crippen molar-refractivity contribution in [2.45, 2.75) is 25.2 Å². The zero-order valence-electron chi connectivity index (χ0n) is 14.9. The van der Waals surface area contributed by atoms with Gasteiger partial charge in [-0.1, -0.05) is 29.8 Å². The summed E-state index contributed by atoms with van der Waals surface area (Å²) in [5, 5.41) is 8.48. The van der Waals surface area contributed by atoms with Crippen molar-refractivity contribution >= 4 is 32.4 Å². The molecule has 3 aromatic rings. The van der Waals surface area contributed by atoms with Gasteiger partial charge in [-0.3, -0.25) is 10.1 Å². The summed E-state index contributed by atoms with van der Waals surface area (Å²) in [5.41, 5.74) is 3.43. The highest BCUT2D eigenvalue weighted by Crippen LogP contribution is 2.26. The van der Waals surface area contributed by atoms with Gasteiger partial charge in [-0.05, 0) is 43.7 Å². The minimum atomic E-state index is -3.70. The summed E-state index contributed by atoms with van der Waals surface area (Å²) in [7, 11) is -3.70. The summed E-state index contributed by atoms with van der Waals surface area (Å²) in [6, 6.07) is 13.8. The molecule has 2 aromatic carbocycles. The normalized spacial score (nSPS) is 11.4. The van der Waals surface area contributed by atoms with E-state index in [9.17, 15) is 13.2 Å². The van der Waals surface area contributed by atoms with E-state index in [0.29, 0.717) is 17.1 Å². The summed E-state index contributed by atoms with van der Waals surface area (Å²) in [4.78, 5) is 17.8. The van der Waals surface area contributed by atoms with Crippen molar-refractivity contribution in [3.05, 3.63) is 75.8 Å². The van der Waals surface area contributed by atoms with E-state index in [1.165, 1.54) is 23.5 Å². The van der Waals surface area contributed by atoms with E-state index in [2.05, 4.69) is 10.3 Å². The van der Waals surface area contributed by atoms with E-state index in [4.69, 9.17) is 5.14 Å². The van der Waals surface area contributed by atoms with Crippen molar-refractivity contribution < 1.29 is 13.2 Å². The maximum atomic E-state index is 12.3. The van der Waals surface area contributed by atoms with E-state index < -0.39 is 10.0 Å². The Labute approximate surface area is 162 Å². The molecule has 3 rings (SSSR count). The predicted molar refractivity (Wildman–Crippen MR) is 107 cm³/mol. The molecule has 1 amide bonds. The van der Waals surface area contributed by atoms with Gasteiger partial charge in [0, 0.05) is 16.9 Å². The van der Waals surface area contributed by atoms with Gasteiger partial charge in [-0.15, -0.1) is 11.3 Å². The zero-order valence-corrected chi connectivity index (χ0v) is 16.5. The van der Waals surface area contributed by atoms with Gasteiger partial charge >= 0.3 is 0 Å². The van der Waals surface area contributed by atoms with Crippen molar-refractivity contribution in [3.63, 3.8) is 0 Å². The molecule has 0 radical (unpaired) electrons. The first kappa shape index (κ1) is 19.2. The maximum absolute atomic E-state index is 12.3. The predicted octanol–water partition coefficient (Wildman–Crippen LogP) is 3.25. The van der Waals surface area contributed by atoms with Crippen molar-refractivity contribution in [1.82, 2.24) is 4.98 Å². The fraction of sp³-hybridized carbons (Fsp3) is 0.158. The Morgan fingerprint density at radius 1 is 1.07 bits per heavy atom. The van der Waals surface area contributed by atoms with Crippen molar-refractivity contribution in [2.75, 3.05) is 5.32 Å². The molecule has 0 aliphatic heterocycles. The molecule has 0 spiro atoms. The van der Waals surface area contributed by atoms with Gasteiger partial charge < -0.3 is 0 Å². The Morgan fingerprint density at radius 3 is 2.30 bits per heavy atom. The lowest BCUT2D eigenvalue weighted by Gasteiger charge is -2.02. The molecule has 27 heavy (non-hydrogen) atoms. The van der Waals surface area contributed by atoms with E-state index in [0.717, 1.165) is 21.7 Å². The second-order valence-corrected chi connectivity index (χ2v) is 8.86. The number of sulfonamides is 1. The summed E-state index contributed by atoms with van der Waals surface area (Å²) >= 11 is 1.40. The molecule has 0 bridgehead atoms. The van der Waals surface area contributed by atoms with Crippen LogP contribution in [-0.4, -0.2) is 19.3 Å². The van der Waals surface area contributed by atoms with Gasteiger partial charge in [-0.2, -0.15) is 0 Å². The highest BCUT2D eigenvalue weighted by Gasteiger charge is 2.13. The number of benzene rings is 2. The zero-order chi connectivity index (χ0) is 19.6. The van der Waals surface area contributed by atoms with Crippen molar-refractivity contribution in [2.24, 2.45) is 5.14 Å². The quantitative estimate of drug-likeness (QED) is 0.685. The van der Waals surface area contributed by atoms with E-state index in [-0.39, 0.29) is 10.8 Å². The van der Waals surface area contributed by atoms with Crippen LogP contribution < -0.4 is 10.5 Å². The molecule has 0 saturated heterocycles. The van der Waals surface area contributed by atoms with Gasteiger partial charge in [0.05, 0.1) is 10.6 Å². The standard InChI is InChI=1S/C19H19N3O3S2/c1-12-3-7-15(8-4-12)18(23)22-19-21-13(2)17(26-19)11-14-5-9-16(10-6-14)27(20,24)25/h3-10H,11H2,1-2H3,(H2,20,24,25)(H,21,22,23). The first-order valence-electron chi connectivity index (χ1n) is 8.18. The number of rotatable bonds is 5. The van der Waals surface area contributed by atoms with Crippen LogP contribution >= 0.6 is 11.3 Å². The van der Waals surface area contributed by atoms with Gasteiger partial charge in [0.25, 0.3) is 5.91 Å². The fourth-order valence-corrected chi connectivity index (χ4v) is 4.01. The highest BCUT2D eigenvalue weighted by molar-refractivity contribution is 7.89. The molecule has 1 heterocycles. The summed E-state index contributed by atoms with van der Waals surface area (Å²) in [6.45, 7) is 3.85. The van der Waals surface area contributed by atoms with Crippen LogP contribution in [0.4, 0.5) is 5.13 Å². The largest absolute Gasteiger partial charge is 0.298 e. The van der Waals surface area contributed by atoms with Gasteiger partial charge in [0.15, 0.2) is 5.13 Å². The first-order valence-corrected chi connectivity index (χ1v) is 10.5. The molecule has 0 unspecified atom stereocenters. The molecule has 0 aliphatic carbocycles. The molecule has 8 heteroatoms. The third-order valence-corrected chi connectivity index (χ3v) is 6.05. The molecule has 6 nitrogen and oxygen atoms in total. The number of nitrogens with two attached hydrogens (primary N) is 1. The van der Waals surface area contributed by atoms with Crippen LogP contribution in [0.2, 0.25) is 0 Å². The number of hydrogen-bond acceptors (Lipinski definition) is 5. The van der Waals surface area contributed by atoms with Crippen LogP contribution in [0, 0.1) is 13.8 Å². The highest BCUT2D eigenvalue weighted by atomic mass is 32.2. The number of primary sulfonamides is 1. The minimum Gasteiger partial charge on any atom is -0.298 e. The van der Waals surface area contributed by atoms with E-state index in [1.54, 1.807) is 24.3 Å². The molecule has 140 valence electrons. The molecule has 0 fully saturated rings. The molecule has 1 aromatic heterocycles. The number of nitrogens with zero attached hydrogens (tertiary/aromatic N) is 1. The number of aryl methyl sites for hydroxylation is 2. The van der Waals surface area contributed by atoms with Crippen LogP contribution in [0.1, 0.15) is 32.1 Å². The van der Waals surface area contributed by atoms with E-state index in [1.807, 2.05) is 26.0 Å². The SMILES string of the molecule is Cc1ccc(C(=O)Nc2nc(C)c(Cc3ccc(S(N)(=O)=O)cc3)s2)cc1. The number of nitrogens with one attached hydrogen (secondary N) is 1. The first-order chi connectivity index (χ1) is 12.7. The van der Waals surface area contributed by atoms with Gasteiger partial charge in [0.1, 0.15) is 0 Å². The lowest BCUT2D eigenvalue weighted by molar-refractivity contribution is 0.102. The Morgan fingerprint density at radius 2 is 1.70 bits per heavy atom. The summed E-state index contributed by atoms with van der Waals surface area (Å²) in [5.74, 6) is -0.201. The smallest absolute Gasteiger partial charge is 0.257 e. The second-order valence-electron chi connectivity index (χ2n) is 6.21. The molecular weight excluding hydrogens is 382 g/mol. The van der Waals surface area contributed by atoms with Crippen LogP contribution in [0.25, 0.3) is 0 Å². The third-order valence-electron chi connectivity index (χ3n) is 4.04. The number of anilines is 1. The lowest BCUT2D eigenvalue weighted by atomic mass is 10.1. The van der Waals surface area contributed by atoms with E-state index >= 15 is 0 Å². The second kappa shape index (κ2) is 7.59. The Bertz CT molecular complexity index is 1070. The number of aromatic nitrogens is 1. The third kappa shape index (κ3) is 4.79.